The molecular weight excluding hydrogens is 562 g/mol. The molecule has 13 heteroatoms. The van der Waals surface area contributed by atoms with Crippen LogP contribution in [-0.2, 0) is 11.4 Å². The van der Waals surface area contributed by atoms with E-state index in [1.165, 1.54) is 25.3 Å². The SMILES string of the molecule is CCOc1cc(/C=C(\Sc2nnc(-c3cc(Cl)ccc3OC)o2)C(=O)O)ccc1OCc1ccc([N+](=O)[O-])cc1. The average molecular weight is 584 g/mol. The predicted molar refractivity (Wildman–Crippen MR) is 148 cm³/mol. The molecular formula is C27H22ClN3O8S. The molecule has 0 fully saturated rings. The fraction of sp³-hybridized carbons (Fsp3) is 0.148. The maximum absolute atomic E-state index is 12.0. The van der Waals surface area contributed by atoms with E-state index in [9.17, 15) is 20.0 Å². The van der Waals surface area contributed by atoms with Crippen molar-refractivity contribution >= 4 is 41.1 Å². The van der Waals surface area contributed by atoms with Gasteiger partial charge in [0.2, 0.25) is 0 Å². The molecule has 0 unspecified atom stereocenters. The Morgan fingerprint density at radius 3 is 2.50 bits per heavy atom. The molecule has 0 aliphatic carbocycles. The molecule has 4 rings (SSSR count). The van der Waals surface area contributed by atoms with Gasteiger partial charge in [0.15, 0.2) is 11.5 Å². The van der Waals surface area contributed by atoms with Gasteiger partial charge in [0.05, 0.1) is 24.2 Å². The Labute approximate surface area is 237 Å². The first-order valence-corrected chi connectivity index (χ1v) is 12.9. The van der Waals surface area contributed by atoms with Gasteiger partial charge in [0, 0.05) is 17.2 Å². The molecule has 0 saturated carbocycles. The quantitative estimate of drug-likeness (QED) is 0.0842. The lowest BCUT2D eigenvalue weighted by molar-refractivity contribution is -0.384. The number of ether oxygens (including phenoxy) is 3. The summed E-state index contributed by atoms with van der Waals surface area (Å²) in [7, 11) is 1.49. The van der Waals surface area contributed by atoms with Gasteiger partial charge < -0.3 is 23.7 Å². The minimum atomic E-state index is -1.19. The summed E-state index contributed by atoms with van der Waals surface area (Å²) in [6, 6.07) is 15.9. The van der Waals surface area contributed by atoms with Gasteiger partial charge in [-0.3, -0.25) is 10.1 Å². The fourth-order valence-electron chi connectivity index (χ4n) is 3.46. The molecule has 1 N–H and O–H groups in total. The first-order valence-electron chi connectivity index (χ1n) is 11.7. The number of benzene rings is 3. The van der Waals surface area contributed by atoms with Crippen molar-refractivity contribution in [1.29, 1.82) is 0 Å². The summed E-state index contributed by atoms with van der Waals surface area (Å²) < 4.78 is 22.6. The summed E-state index contributed by atoms with van der Waals surface area (Å²) in [5.74, 6) is 0.235. The Bertz CT molecular complexity index is 1560. The number of methoxy groups -OCH3 is 1. The maximum Gasteiger partial charge on any atom is 0.342 e. The molecule has 0 saturated heterocycles. The van der Waals surface area contributed by atoms with Crippen LogP contribution in [0.4, 0.5) is 5.69 Å². The molecule has 4 aromatic rings. The van der Waals surface area contributed by atoms with Gasteiger partial charge in [-0.05, 0) is 78.4 Å². The van der Waals surface area contributed by atoms with Crippen LogP contribution in [0.1, 0.15) is 18.1 Å². The standard InChI is InChI=1S/C27H22ClN3O8S/c1-3-37-23-12-17(6-10-22(23)38-15-16-4-8-19(9-5-16)31(34)35)13-24(26(32)33)40-27-30-29-25(39-27)20-14-18(28)7-11-21(20)36-2/h4-14H,3,15H2,1-2H3,(H,32,33)/b24-13-. The number of nitro groups is 1. The van der Waals surface area contributed by atoms with Crippen molar-refractivity contribution < 1.29 is 33.5 Å². The van der Waals surface area contributed by atoms with Crippen molar-refractivity contribution in [2.24, 2.45) is 0 Å². The summed E-state index contributed by atoms with van der Waals surface area (Å²) in [4.78, 5) is 22.3. The number of aliphatic carboxylic acids is 1. The smallest absolute Gasteiger partial charge is 0.342 e. The predicted octanol–water partition coefficient (Wildman–Crippen LogP) is 6.50. The van der Waals surface area contributed by atoms with Gasteiger partial charge in [-0.15, -0.1) is 10.2 Å². The van der Waals surface area contributed by atoms with Gasteiger partial charge in [-0.1, -0.05) is 17.7 Å². The Morgan fingerprint density at radius 1 is 1.07 bits per heavy atom. The number of carbonyl (C=O) groups is 1. The molecule has 0 amide bonds. The van der Waals surface area contributed by atoms with Gasteiger partial charge in [0.25, 0.3) is 16.8 Å². The molecule has 3 aromatic carbocycles. The van der Waals surface area contributed by atoms with Crippen molar-refractivity contribution in [3.05, 3.63) is 91.8 Å². The van der Waals surface area contributed by atoms with Crippen LogP contribution in [-0.4, -0.2) is 39.9 Å². The number of hydrogen-bond acceptors (Lipinski definition) is 10. The number of rotatable bonds is 12. The van der Waals surface area contributed by atoms with E-state index in [0.717, 1.165) is 17.3 Å². The van der Waals surface area contributed by atoms with Crippen molar-refractivity contribution in [2.75, 3.05) is 13.7 Å². The molecule has 0 radical (unpaired) electrons. The Hall–Kier alpha value is -4.55. The third-order valence-electron chi connectivity index (χ3n) is 5.31. The molecule has 0 aliphatic heterocycles. The maximum atomic E-state index is 12.0. The van der Waals surface area contributed by atoms with E-state index in [0.29, 0.717) is 40.0 Å². The van der Waals surface area contributed by atoms with Crippen LogP contribution in [0.15, 0.2) is 75.2 Å². The van der Waals surface area contributed by atoms with Crippen LogP contribution in [0.25, 0.3) is 17.5 Å². The first-order chi connectivity index (χ1) is 19.3. The molecule has 0 bridgehead atoms. The van der Waals surface area contributed by atoms with E-state index in [-0.39, 0.29) is 28.3 Å². The lowest BCUT2D eigenvalue weighted by Crippen LogP contribution is -2.01. The van der Waals surface area contributed by atoms with Crippen molar-refractivity contribution in [1.82, 2.24) is 10.2 Å². The summed E-state index contributed by atoms with van der Waals surface area (Å²) in [5.41, 5.74) is 1.73. The zero-order chi connectivity index (χ0) is 28.6. The van der Waals surface area contributed by atoms with E-state index in [1.54, 1.807) is 48.5 Å². The lowest BCUT2D eigenvalue weighted by Gasteiger charge is -2.13. The number of non-ortho nitro benzene ring substituents is 1. The number of thioether (sulfide) groups is 1. The Balaban J connectivity index is 1.53. The largest absolute Gasteiger partial charge is 0.496 e. The van der Waals surface area contributed by atoms with Crippen LogP contribution in [0.5, 0.6) is 17.2 Å². The molecule has 1 aromatic heterocycles. The summed E-state index contributed by atoms with van der Waals surface area (Å²) in [5, 5.41) is 29.1. The number of nitro benzene ring substituents is 1. The third-order valence-corrected chi connectivity index (χ3v) is 6.40. The molecule has 1 heterocycles. The minimum absolute atomic E-state index is 0.0112. The van der Waals surface area contributed by atoms with Crippen LogP contribution in [0, 0.1) is 10.1 Å². The zero-order valence-corrected chi connectivity index (χ0v) is 22.8. The van der Waals surface area contributed by atoms with Gasteiger partial charge in [-0.2, -0.15) is 0 Å². The van der Waals surface area contributed by atoms with E-state index in [4.69, 9.17) is 30.2 Å². The monoisotopic (exact) mass is 583 g/mol. The normalized spacial score (nSPS) is 11.2. The highest BCUT2D eigenvalue weighted by atomic mass is 35.5. The van der Waals surface area contributed by atoms with E-state index >= 15 is 0 Å². The average Bonchev–Trinajstić information content (AvgIpc) is 3.41. The molecule has 0 atom stereocenters. The van der Waals surface area contributed by atoms with Gasteiger partial charge >= 0.3 is 5.97 Å². The first kappa shape index (κ1) is 28.5. The highest BCUT2D eigenvalue weighted by Crippen LogP contribution is 2.36. The molecule has 11 nitrogen and oxygen atoms in total. The number of nitrogens with zero attached hydrogens (tertiary/aromatic N) is 3. The lowest BCUT2D eigenvalue weighted by atomic mass is 10.2. The van der Waals surface area contributed by atoms with Crippen LogP contribution in [0.3, 0.4) is 0 Å². The van der Waals surface area contributed by atoms with E-state index < -0.39 is 10.9 Å². The second kappa shape index (κ2) is 13.0. The molecule has 40 heavy (non-hydrogen) atoms. The molecule has 0 aliphatic rings. The number of halogens is 1. The number of carboxylic acids is 1. The highest BCUT2D eigenvalue weighted by molar-refractivity contribution is 8.03. The number of hydrogen-bond donors (Lipinski definition) is 1. The zero-order valence-electron chi connectivity index (χ0n) is 21.2. The molecule has 0 spiro atoms. The Kier molecular flexibility index (Phi) is 9.25. The van der Waals surface area contributed by atoms with Crippen molar-refractivity contribution in [3.63, 3.8) is 0 Å². The summed E-state index contributed by atoms with van der Waals surface area (Å²) in [6.45, 7) is 2.31. The number of aromatic nitrogens is 2. The minimum Gasteiger partial charge on any atom is -0.496 e. The Morgan fingerprint density at radius 2 is 1.82 bits per heavy atom. The van der Waals surface area contributed by atoms with Crippen LogP contribution >= 0.6 is 23.4 Å². The van der Waals surface area contributed by atoms with Crippen molar-refractivity contribution in [3.8, 4) is 28.7 Å². The third kappa shape index (κ3) is 7.10. The van der Waals surface area contributed by atoms with Crippen LogP contribution in [0.2, 0.25) is 5.02 Å². The van der Waals surface area contributed by atoms with E-state index in [2.05, 4.69) is 10.2 Å². The second-order valence-electron chi connectivity index (χ2n) is 7.98. The fourth-order valence-corrected chi connectivity index (χ4v) is 4.31. The van der Waals surface area contributed by atoms with E-state index in [1.807, 2.05) is 6.92 Å². The van der Waals surface area contributed by atoms with Crippen LogP contribution < -0.4 is 14.2 Å². The summed E-state index contributed by atoms with van der Waals surface area (Å²) in [6.07, 6.45) is 1.44. The van der Waals surface area contributed by atoms with Gasteiger partial charge in [0.1, 0.15) is 17.3 Å². The highest BCUT2D eigenvalue weighted by Gasteiger charge is 2.19. The second-order valence-corrected chi connectivity index (χ2v) is 9.41. The topological polar surface area (TPSA) is 147 Å². The summed E-state index contributed by atoms with van der Waals surface area (Å²) >= 11 is 6.87. The number of carboxylic acid groups (broad SMARTS) is 1. The van der Waals surface area contributed by atoms with Crippen molar-refractivity contribution in [2.45, 2.75) is 18.8 Å². The molecule has 206 valence electrons. The van der Waals surface area contributed by atoms with Gasteiger partial charge in [-0.25, -0.2) is 4.79 Å².